The third-order valence-electron chi connectivity index (χ3n) is 5.22. The predicted octanol–water partition coefficient (Wildman–Crippen LogP) is 3.86. The number of rotatable bonds is 5. The van der Waals surface area contributed by atoms with E-state index in [0.717, 1.165) is 11.1 Å². The molecule has 1 N–H and O–H groups in total. The van der Waals surface area contributed by atoms with E-state index in [1.165, 1.54) is 11.6 Å². The summed E-state index contributed by atoms with van der Waals surface area (Å²) in [5.74, 6) is -0.208. The molecule has 1 fully saturated rings. The van der Waals surface area contributed by atoms with Crippen molar-refractivity contribution in [2.45, 2.75) is 26.8 Å². The van der Waals surface area contributed by atoms with E-state index in [1.807, 2.05) is 39.0 Å². The van der Waals surface area contributed by atoms with E-state index < -0.39 is 4.92 Å². The van der Waals surface area contributed by atoms with Crippen molar-refractivity contribution >= 4 is 17.3 Å². The molecule has 0 aromatic heterocycles. The molecule has 1 aliphatic rings. The fraction of sp³-hybridized carbons (Fsp3) is 0.381. The van der Waals surface area contributed by atoms with Crippen molar-refractivity contribution in [2.24, 2.45) is 0 Å². The van der Waals surface area contributed by atoms with E-state index in [-0.39, 0.29) is 17.6 Å². The molecule has 1 heterocycles. The minimum atomic E-state index is -0.450. The van der Waals surface area contributed by atoms with Gasteiger partial charge in [0, 0.05) is 30.8 Å². The molecule has 7 nitrogen and oxygen atoms in total. The van der Waals surface area contributed by atoms with E-state index in [1.54, 1.807) is 17.0 Å². The van der Waals surface area contributed by atoms with Crippen LogP contribution >= 0.6 is 0 Å². The topological polar surface area (TPSA) is 84.7 Å². The van der Waals surface area contributed by atoms with Crippen molar-refractivity contribution in [3.8, 4) is 0 Å². The summed E-state index contributed by atoms with van der Waals surface area (Å²) in [7, 11) is 0. The lowest BCUT2D eigenvalue weighted by Crippen LogP contribution is -2.40. The molecule has 1 unspecified atom stereocenters. The number of hydrogen-bond acceptors (Lipinski definition) is 5. The third kappa shape index (κ3) is 4.14. The summed E-state index contributed by atoms with van der Waals surface area (Å²) >= 11 is 0. The number of benzene rings is 2. The number of ether oxygens (including phenoxy) is 1. The lowest BCUT2D eigenvalue weighted by molar-refractivity contribution is -0.384. The fourth-order valence-electron chi connectivity index (χ4n) is 3.44. The Morgan fingerprint density at radius 3 is 2.61 bits per heavy atom. The summed E-state index contributed by atoms with van der Waals surface area (Å²) in [6.07, 6.45) is 0. The van der Waals surface area contributed by atoms with Crippen LogP contribution in [0.5, 0.6) is 0 Å². The van der Waals surface area contributed by atoms with Gasteiger partial charge in [0.25, 0.3) is 11.6 Å². The predicted molar refractivity (Wildman–Crippen MR) is 108 cm³/mol. The largest absolute Gasteiger partial charge is 0.378 e. The van der Waals surface area contributed by atoms with Crippen LogP contribution in [0.15, 0.2) is 36.4 Å². The average molecular weight is 383 g/mol. The molecule has 3 rings (SSSR count). The molecule has 0 aliphatic carbocycles. The van der Waals surface area contributed by atoms with Gasteiger partial charge < -0.3 is 15.0 Å². The van der Waals surface area contributed by atoms with Crippen molar-refractivity contribution in [3.05, 3.63) is 68.8 Å². The Labute approximate surface area is 164 Å². The molecule has 0 bridgehead atoms. The molecule has 148 valence electrons. The van der Waals surface area contributed by atoms with E-state index in [2.05, 4.69) is 5.32 Å². The summed E-state index contributed by atoms with van der Waals surface area (Å²) in [5, 5.41) is 14.9. The molecule has 1 aliphatic heterocycles. The van der Waals surface area contributed by atoms with Crippen LogP contribution < -0.4 is 5.32 Å². The Kier molecular flexibility index (Phi) is 5.94. The maximum absolute atomic E-state index is 12.6. The number of carbonyl (C=O) groups is 1. The van der Waals surface area contributed by atoms with Crippen LogP contribution in [0, 0.1) is 24.0 Å². The molecule has 1 saturated heterocycles. The highest BCUT2D eigenvalue weighted by atomic mass is 16.6. The molecular formula is C21H25N3O4. The zero-order valence-electron chi connectivity index (χ0n) is 16.4. The summed E-state index contributed by atoms with van der Waals surface area (Å²) in [6, 6.07) is 10.5. The first-order chi connectivity index (χ1) is 13.4. The van der Waals surface area contributed by atoms with Crippen LogP contribution in [0.25, 0.3) is 0 Å². The fourth-order valence-corrected chi connectivity index (χ4v) is 3.44. The molecule has 0 spiro atoms. The van der Waals surface area contributed by atoms with Crippen LogP contribution in [-0.2, 0) is 4.74 Å². The van der Waals surface area contributed by atoms with Crippen LogP contribution in [-0.4, -0.2) is 42.0 Å². The molecule has 0 radical (unpaired) electrons. The number of amides is 1. The summed E-state index contributed by atoms with van der Waals surface area (Å²) < 4.78 is 5.26. The summed E-state index contributed by atoms with van der Waals surface area (Å²) in [4.78, 5) is 25.5. The quantitative estimate of drug-likeness (QED) is 0.626. The van der Waals surface area contributed by atoms with Gasteiger partial charge in [0.15, 0.2) is 0 Å². The number of nitro benzene ring substituents is 1. The van der Waals surface area contributed by atoms with Crippen LogP contribution in [0.4, 0.5) is 11.4 Å². The number of nitrogens with one attached hydrogen (secondary N) is 1. The van der Waals surface area contributed by atoms with E-state index in [9.17, 15) is 14.9 Å². The standard InChI is InChI=1S/C21H25N3O4/c1-14-5-4-6-18(15(14)2)16(3)22-19-8-7-17(13-20(19)24(26)27)21(25)23-9-11-28-12-10-23/h4-8,13,16,22H,9-12H2,1-3H3. The summed E-state index contributed by atoms with van der Waals surface area (Å²) in [6.45, 7) is 8.02. The van der Waals surface area contributed by atoms with Crippen molar-refractivity contribution in [1.82, 2.24) is 4.90 Å². The van der Waals surface area contributed by atoms with Gasteiger partial charge in [-0.05, 0) is 49.6 Å². The van der Waals surface area contributed by atoms with Gasteiger partial charge in [-0.15, -0.1) is 0 Å². The second-order valence-electron chi connectivity index (χ2n) is 7.05. The van der Waals surface area contributed by atoms with Crippen molar-refractivity contribution in [1.29, 1.82) is 0 Å². The number of carbonyl (C=O) groups excluding carboxylic acids is 1. The van der Waals surface area contributed by atoms with E-state index >= 15 is 0 Å². The SMILES string of the molecule is Cc1cccc(C(C)Nc2ccc(C(=O)N3CCOCC3)cc2[N+](=O)[O-])c1C. The highest BCUT2D eigenvalue weighted by Gasteiger charge is 2.23. The Hall–Kier alpha value is -2.93. The van der Waals surface area contributed by atoms with E-state index in [4.69, 9.17) is 4.74 Å². The molecular weight excluding hydrogens is 358 g/mol. The molecule has 28 heavy (non-hydrogen) atoms. The first-order valence-electron chi connectivity index (χ1n) is 9.36. The first kappa shape index (κ1) is 19.8. The number of nitrogens with zero attached hydrogens (tertiary/aromatic N) is 2. The van der Waals surface area contributed by atoms with Crippen LogP contribution in [0.3, 0.4) is 0 Å². The Morgan fingerprint density at radius 2 is 1.93 bits per heavy atom. The highest BCUT2D eigenvalue weighted by molar-refractivity contribution is 5.95. The van der Waals surface area contributed by atoms with Crippen molar-refractivity contribution in [2.75, 3.05) is 31.6 Å². The maximum atomic E-state index is 12.6. The molecule has 7 heteroatoms. The van der Waals surface area contributed by atoms with Crippen LogP contribution in [0.1, 0.15) is 40.0 Å². The summed E-state index contributed by atoms with van der Waals surface area (Å²) in [5.41, 5.74) is 4.03. The Bertz CT molecular complexity index is 891. The van der Waals surface area contributed by atoms with Crippen LogP contribution in [0.2, 0.25) is 0 Å². The van der Waals surface area contributed by atoms with Gasteiger partial charge in [-0.1, -0.05) is 18.2 Å². The average Bonchev–Trinajstić information content (AvgIpc) is 2.70. The lowest BCUT2D eigenvalue weighted by Gasteiger charge is -2.27. The molecule has 1 amide bonds. The molecule has 2 aromatic carbocycles. The smallest absolute Gasteiger partial charge is 0.293 e. The second kappa shape index (κ2) is 8.39. The number of aryl methyl sites for hydroxylation is 1. The zero-order valence-corrected chi connectivity index (χ0v) is 16.4. The van der Waals surface area contributed by atoms with E-state index in [0.29, 0.717) is 37.6 Å². The van der Waals surface area contributed by atoms with Gasteiger partial charge in [0.05, 0.1) is 18.1 Å². The Morgan fingerprint density at radius 1 is 1.21 bits per heavy atom. The number of anilines is 1. The normalized spacial score (nSPS) is 15.2. The second-order valence-corrected chi connectivity index (χ2v) is 7.05. The molecule has 2 aromatic rings. The minimum absolute atomic E-state index is 0.101. The van der Waals surface area contributed by atoms with Gasteiger partial charge in [0.2, 0.25) is 0 Å². The van der Waals surface area contributed by atoms with Crippen molar-refractivity contribution < 1.29 is 14.5 Å². The highest BCUT2D eigenvalue weighted by Crippen LogP contribution is 2.31. The number of hydrogen-bond donors (Lipinski definition) is 1. The van der Waals surface area contributed by atoms with Crippen molar-refractivity contribution in [3.63, 3.8) is 0 Å². The third-order valence-corrected chi connectivity index (χ3v) is 5.22. The first-order valence-corrected chi connectivity index (χ1v) is 9.36. The maximum Gasteiger partial charge on any atom is 0.293 e. The molecule has 0 saturated carbocycles. The van der Waals surface area contributed by atoms with Gasteiger partial charge >= 0.3 is 0 Å². The minimum Gasteiger partial charge on any atom is -0.378 e. The zero-order chi connectivity index (χ0) is 20.3. The monoisotopic (exact) mass is 383 g/mol. The van der Waals surface area contributed by atoms with Gasteiger partial charge in [-0.2, -0.15) is 0 Å². The Balaban J connectivity index is 1.86. The number of nitro groups is 1. The molecule has 1 atom stereocenters. The van der Waals surface area contributed by atoms with Gasteiger partial charge in [-0.25, -0.2) is 0 Å². The lowest BCUT2D eigenvalue weighted by atomic mass is 9.98. The van der Waals surface area contributed by atoms with Gasteiger partial charge in [0.1, 0.15) is 5.69 Å². The number of morpholine rings is 1. The van der Waals surface area contributed by atoms with Gasteiger partial charge in [-0.3, -0.25) is 14.9 Å².